The van der Waals surface area contributed by atoms with E-state index in [0.717, 1.165) is 37.9 Å². The number of halogens is 1. The van der Waals surface area contributed by atoms with Crippen molar-refractivity contribution in [2.24, 2.45) is 5.41 Å². The fourth-order valence-corrected chi connectivity index (χ4v) is 3.32. The van der Waals surface area contributed by atoms with Gasteiger partial charge >= 0.3 is 0 Å². The standard InChI is InChI=1S/C19H27FN2O2/c1-2-9-19(15-23)10-3-11-22(14-19)12-8-18(24)21-13-16-4-6-17(20)7-5-16/h2,4-7,23H,1,3,8-15H2,(H,21,24). The number of allylic oxidation sites excluding steroid dienone is 1. The summed E-state index contributed by atoms with van der Waals surface area (Å²) in [6.07, 6.45) is 5.14. The van der Waals surface area contributed by atoms with E-state index < -0.39 is 0 Å². The molecule has 2 rings (SSSR count). The first-order chi connectivity index (χ1) is 11.6. The van der Waals surface area contributed by atoms with Gasteiger partial charge in [0.25, 0.3) is 0 Å². The summed E-state index contributed by atoms with van der Waals surface area (Å²) < 4.78 is 12.8. The quantitative estimate of drug-likeness (QED) is 0.718. The number of aliphatic hydroxyl groups excluding tert-OH is 1. The average molecular weight is 334 g/mol. The molecule has 0 radical (unpaired) electrons. The van der Waals surface area contributed by atoms with Crippen LogP contribution in [0.4, 0.5) is 4.39 Å². The molecule has 0 bridgehead atoms. The molecule has 1 saturated heterocycles. The van der Waals surface area contributed by atoms with Gasteiger partial charge in [-0.15, -0.1) is 6.58 Å². The van der Waals surface area contributed by atoms with E-state index in [2.05, 4.69) is 16.8 Å². The number of hydrogen-bond acceptors (Lipinski definition) is 3. The van der Waals surface area contributed by atoms with E-state index >= 15 is 0 Å². The van der Waals surface area contributed by atoms with Gasteiger partial charge in [0.05, 0.1) is 6.61 Å². The Labute approximate surface area is 143 Å². The summed E-state index contributed by atoms with van der Waals surface area (Å²) in [5, 5.41) is 12.6. The van der Waals surface area contributed by atoms with Crippen LogP contribution in [0, 0.1) is 11.2 Å². The maximum absolute atomic E-state index is 12.8. The van der Waals surface area contributed by atoms with Crippen LogP contribution < -0.4 is 5.32 Å². The molecule has 1 aromatic rings. The third-order valence-electron chi connectivity index (χ3n) is 4.71. The fraction of sp³-hybridized carbons (Fsp3) is 0.526. The SMILES string of the molecule is C=CCC1(CO)CCCN(CCC(=O)NCc2ccc(F)cc2)C1. The molecule has 1 heterocycles. The molecule has 0 saturated carbocycles. The largest absolute Gasteiger partial charge is 0.396 e. The molecule has 4 nitrogen and oxygen atoms in total. The molecule has 0 aliphatic carbocycles. The summed E-state index contributed by atoms with van der Waals surface area (Å²) in [5.74, 6) is -0.287. The smallest absolute Gasteiger partial charge is 0.221 e. The molecule has 132 valence electrons. The monoisotopic (exact) mass is 334 g/mol. The van der Waals surface area contributed by atoms with E-state index in [1.165, 1.54) is 12.1 Å². The van der Waals surface area contributed by atoms with Gasteiger partial charge in [0, 0.05) is 31.5 Å². The molecule has 1 amide bonds. The summed E-state index contributed by atoms with van der Waals surface area (Å²) in [5.41, 5.74) is 0.776. The Balaban J connectivity index is 1.74. The molecule has 1 aromatic carbocycles. The summed E-state index contributed by atoms with van der Waals surface area (Å²) in [4.78, 5) is 14.3. The number of piperidine rings is 1. The van der Waals surface area contributed by atoms with E-state index in [0.29, 0.717) is 19.5 Å². The van der Waals surface area contributed by atoms with Gasteiger partial charge in [0.15, 0.2) is 0 Å². The highest BCUT2D eigenvalue weighted by atomic mass is 19.1. The molecule has 1 aliphatic heterocycles. The van der Waals surface area contributed by atoms with Crippen LogP contribution in [-0.2, 0) is 11.3 Å². The van der Waals surface area contributed by atoms with Crippen molar-refractivity contribution in [3.63, 3.8) is 0 Å². The second kappa shape index (κ2) is 8.94. The highest BCUT2D eigenvalue weighted by molar-refractivity contribution is 5.76. The molecule has 0 spiro atoms. The zero-order valence-corrected chi connectivity index (χ0v) is 14.1. The van der Waals surface area contributed by atoms with E-state index in [1.54, 1.807) is 12.1 Å². The number of amides is 1. The van der Waals surface area contributed by atoms with Crippen molar-refractivity contribution in [1.82, 2.24) is 10.2 Å². The molecule has 5 heteroatoms. The summed E-state index contributed by atoms with van der Waals surface area (Å²) >= 11 is 0. The van der Waals surface area contributed by atoms with Gasteiger partial charge < -0.3 is 15.3 Å². The minimum Gasteiger partial charge on any atom is -0.396 e. The van der Waals surface area contributed by atoms with Crippen LogP contribution in [0.25, 0.3) is 0 Å². The predicted octanol–water partition coefficient (Wildman–Crippen LogP) is 2.48. The van der Waals surface area contributed by atoms with Crippen molar-refractivity contribution in [2.75, 3.05) is 26.2 Å². The number of carbonyl (C=O) groups is 1. The van der Waals surface area contributed by atoms with Gasteiger partial charge in [-0.2, -0.15) is 0 Å². The zero-order valence-electron chi connectivity index (χ0n) is 14.1. The van der Waals surface area contributed by atoms with Crippen LogP contribution in [0.5, 0.6) is 0 Å². The number of carbonyl (C=O) groups excluding carboxylic acids is 1. The van der Waals surface area contributed by atoms with Crippen molar-refractivity contribution in [3.8, 4) is 0 Å². The molecular formula is C19H27FN2O2. The van der Waals surface area contributed by atoms with E-state index in [-0.39, 0.29) is 23.7 Å². The van der Waals surface area contributed by atoms with E-state index in [4.69, 9.17) is 0 Å². The first kappa shape index (κ1) is 18.6. The van der Waals surface area contributed by atoms with E-state index in [1.807, 2.05) is 6.08 Å². The lowest BCUT2D eigenvalue weighted by Gasteiger charge is -2.41. The molecule has 1 atom stereocenters. The molecule has 1 fully saturated rings. The highest BCUT2D eigenvalue weighted by Crippen LogP contribution is 2.33. The van der Waals surface area contributed by atoms with Gasteiger partial charge in [-0.25, -0.2) is 4.39 Å². The first-order valence-corrected chi connectivity index (χ1v) is 8.52. The second-order valence-electron chi connectivity index (χ2n) is 6.68. The van der Waals surface area contributed by atoms with Gasteiger partial charge in [0.1, 0.15) is 5.82 Å². The van der Waals surface area contributed by atoms with Crippen LogP contribution in [0.1, 0.15) is 31.2 Å². The van der Waals surface area contributed by atoms with Crippen molar-refractivity contribution < 1.29 is 14.3 Å². The Morgan fingerprint density at radius 3 is 2.83 bits per heavy atom. The van der Waals surface area contributed by atoms with Crippen molar-refractivity contribution in [1.29, 1.82) is 0 Å². The lowest BCUT2D eigenvalue weighted by atomic mass is 9.78. The number of aliphatic hydroxyl groups is 1. The lowest BCUT2D eigenvalue weighted by molar-refractivity contribution is -0.121. The van der Waals surface area contributed by atoms with Crippen LogP contribution >= 0.6 is 0 Å². The number of hydrogen-bond donors (Lipinski definition) is 2. The van der Waals surface area contributed by atoms with Gasteiger partial charge in [-0.05, 0) is 43.5 Å². The molecule has 1 aliphatic rings. The Morgan fingerprint density at radius 1 is 1.42 bits per heavy atom. The van der Waals surface area contributed by atoms with Crippen LogP contribution in [0.2, 0.25) is 0 Å². The van der Waals surface area contributed by atoms with Crippen LogP contribution in [-0.4, -0.2) is 42.2 Å². The van der Waals surface area contributed by atoms with Gasteiger partial charge in [-0.1, -0.05) is 18.2 Å². The van der Waals surface area contributed by atoms with Gasteiger partial charge in [0.2, 0.25) is 5.91 Å². The minimum atomic E-state index is -0.276. The molecule has 0 aromatic heterocycles. The lowest BCUT2D eigenvalue weighted by Crippen LogP contribution is -2.46. The number of benzene rings is 1. The number of rotatable bonds is 8. The summed E-state index contributed by atoms with van der Waals surface area (Å²) in [6.45, 7) is 6.82. The first-order valence-electron chi connectivity index (χ1n) is 8.52. The van der Waals surface area contributed by atoms with Crippen molar-refractivity contribution >= 4 is 5.91 Å². The summed E-state index contributed by atoms with van der Waals surface area (Å²) in [6, 6.07) is 6.13. The van der Waals surface area contributed by atoms with Crippen molar-refractivity contribution in [2.45, 2.75) is 32.2 Å². The van der Waals surface area contributed by atoms with Crippen molar-refractivity contribution in [3.05, 3.63) is 48.3 Å². The number of nitrogens with one attached hydrogen (secondary N) is 1. The normalized spacial score (nSPS) is 21.4. The minimum absolute atomic E-state index is 0.0109. The fourth-order valence-electron chi connectivity index (χ4n) is 3.32. The van der Waals surface area contributed by atoms with E-state index in [9.17, 15) is 14.3 Å². The van der Waals surface area contributed by atoms with Gasteiger partial charge in [-0.3, -0.25) is 4.79 Å². The average Bonchev–Trinajstić information content (AvgIpc) is 2.60. The predicted molar refractivity (Wildman–Crippen MR) is 92.9 cm³/mol. The number of likely N-dealkylation sites (tertiary alicyclic amines) is 1. The Bertz CT molecular complexity index is 547. The molecule has 24 heavy (non-hydrogen) atoms. The maximum Gasteiger partial charge on any atom is 0.221 e. The topological polar surface area (TPSA) is 52.6 Å². The number of nitrogens with zero attached hydrogens (tertiary/aromatic N) is 1. The Morgan fingerprint density at radius 2 is 2.17 bits per heavy atom. The molecule has 2 N–H and O–H groups in total. The molecular weight excluding hydrogens is 307 g/mol. The third-order valence-corrected chi connectivity index (χ3v) is 4.71. The van der Waals surface area contributed by atoms with Crippen LogP contribution in [0.15, 0.2) is 36.9 Å². The Kier molecular flexibility index (Phi) is 6.94. The van der Waals surface area contributed by atoms with Crippen LogP contribution in [0.3, 0.4) is 0 Å². The Hall–Kier alpha value is -1.72. The highest BCUT2D eigenvalue weighted by Gasteiger charge is 2.33. The second-order valence-corrected chi connectivity index (χ2v) is 6.68. The summed E-state index contributed by atoms with van der Waals surface area (Å²) in [7, 11) is 0. The maximum atomic E-state index is 12.8. The zero-order chi connectivity index (χ0) is 17.4. The molecule has 1 unspecified atom stereocenters. The third kappa shape index (κ3) is 5.42.